The van der Waals surface area contributed by atoms with Gasteiger partial charge in [-0.25, -0.2) is 23.4 Å². The summed E-state index contributed by atoms with van der Waals surface area (Å²) < 4.78 is 33.5. The molecular weight excluding hydrogens is 513 g/mol. The minimum absolute atomic E-state index is 0. The number of fused-ring (bicyclic) bond motifs is 1. The molecule has 3 aromatic rings. The summed E-state index contributed by atoms with van der Waals surface area (Å²) in [6.45, 7) is 1.71. The van der Waals surface area contributed by atoms with Crippen LogP contribution in [0.5, 0.6) is 0 Å². The van der Waals surface area contributed by atoms with E-state index >= 15 is 0 Å². The number of hydrogen-bond donors (Lipinski definition) is 1. The summed E-state index contributed by atoms with van der Waals surface area (Å²) in [5, 5.41) is 10.8. The Labute approximate surface area is 215 Å². The van der Waals surface area contributed by atoms with E-state index in [1.54, 1.807) is 30.0 Å². The summed E-state index contributed by atoms with van der Waals surface area (Å²) >= 11 is 3.13. The summed E-state index contributed by atoms with van der Waals surface area (Å²) in [5.74, 6) is 0.929. The Kier molecular flexibility index (Phi) is 10.1. The van der Waals surface area contributed by atoms with Gasteiger partial charge in [-0.1, -0.05) is 0 Å². The van der Waals surface area contributed by atoms with Crippen LogP contribution in [0.3, 0.4) is 0 Å². The maximum absolute atomic E-state index is 12.9. The molecule has 1 N–H and O–H groups in total. The molecule has 0 saturated carbocycles. The van der Waals surface area contributed by atoms with Gasteiger partial charge in [0, 0.05) is 43.4 Å². The first-order valence-corrected chi connectivity index (χ1v) is 14.4. The summed E-state index contributed by atoms with van der Waals surface area (Å²) in [6, 6.07) is 5.14. The lowest BCUT2D eigenvalue weighted by atomic mass is 9.98. The third-order valence-corrected chi connectivity index (χ3v) is 9.38. The number of sulfonamides is 1. The van der Waals surface area contributed by atoms with Crippen LogP contribution in [0.2, 0.25) is 0 Å². The monoisotopic (exact) mass is 542 g/mol. The van der Waals surface area contributed by atoms with E-state index in [0.717, 1.165) is 51.6 Å². The van der Waals surface area contributed by atoms with Crippen LogP contribution in [0.1, 0.15) is 23.7 Å². The van der Waals surface area contributed by atoms with E-state index in [1.807, 2.05) is 18.6 Å². The molecular formula is C22H30N4O4S4. The molecule has 1 saturated heterocycles. The summed E-state index contributed by atoms with van der Waals surface area (Å²) in [4.78, 5) is 14.8. The first-order chi connectivity index (χ1) is 16.0. The molecule has 1 aliphatic heterocycles. The predicted molar refractivity (Wildman–Crippen MR) is 141 cm³/mol. The number of thiazole rings is 1. The number of thioether (sulfide) groups is 1. The van der Waals surface area contributed by atoms with Crippen LogP contribution in [-0.4, -0.2) is 71.9 Å². The van der Waals surface area contributed by atoms with Gasteiger partial charge in [0.1, 0.15) is 5.82 Å². The number of morpholine rings is 1. The molecule has 2 aromatic heterocycles. The van der Waals surface area contributed by atoms with Gasteiger partial charge in [0.15, 0.2) is 0 Å². The Bertz CT molecular complexity index is 1170. The Balaban J connectivity index is 0.00000324. The van der Waals surface area contributed by atoms with Gasteiger partial charge in [0.25, 0.3) is 0 Å². The highest BCUT2D eigenvalue weighted by Gasteiger charge is 2.26. The summed E-state index contributed by atoms with van der Waals surface area (Å²) in [7, 11) is -3.53. The van der Waals surface area contributed by atoms with Gasteiger partial charge in [0.05, 0.1) is 33.3 Å². The van der Waals surface area contributed by atoms with Crippen LogP contribution in [-0.2, 0) is 27.6 Å². The zero-order chi connectivity index (χ0) is 23.3. The SMILES string of the molecule is CSc1cnc(CC[C@H](CO)CCc2nc3ccc(S(=O)(=O)N4CCOCC4)cc3s2)nc1.S. The van der Waals surface area contributed by atoms with E-state index in [-0.39, 0.29) is 26.0 Å². The number of nitrogens with zero attached hydrogens (tertiary/aromatic N) is 4. The molecule has 1 atom stereocenters. The fourth-order valence-electron chi connectivity index (χ4n) is 3.72. The van der Waals surface area contributed by atoms with Crippen molar-refractivity contribution in [1.29, 1.82) is 0 Å². The highest BCUT2D eigenvalue weighted by atomic mass is 32.2. The van der Waals surface area contributed by atoms with E-state index in [0.29, 0.717) is 31.2 Å². The molecule has 1 fully saturated rings. The number of aromatic nitrogens is 3. The fourth-order valence-corrected chi connectivity index (χ4v) is 6.57. The molecule has 8 nitrogen and oxygen atoms in total. The van der Waals surface area contributed by atoms with Gasteiger partial charge >= 0.3 is 0 Å². The highest BCUT2D eigenvalue weighted by molar-refractivity contribution is 7.98. The van der Waals surface area contributed by atoms with Crippen molar-refractivity contribution in [2.75, 3.05) is 39.2 Å². The second kappa shape index (κ2) is 12.6. The second-order valence-corrected chi connectivity index (χ2v) is 11.9. The van der Waals surface area contributed by atoms with Gasteiger partial charge in [0.2, 0.25) is 10.0 Å². The van der Waals surface area contributed by atoms with Crippen molar-refractivity contribution in [2.24, 2.45) is 5.92 Å². The standard InChI is InChI=1S/C22H28N4O4S3.H2S/c1-31-17-13-23-21(24-14-17)6-2-16(15-27)3-7-22-25-19-5-4-18(12-20(19)32-22)33(28,29)26-8-10-30-11-9-26;/h4-5,12-14,16,27H,2-3,6-11,15H2,1H3;1H2/t16-;/m0./s1. The third kappa shape index (κ3) is 6.68. The second-order valence-electron chi connectivity index (χ2n) is 7.92. The van der Waals surface area contributed by atoms with Crippen LogP contribution in [0.4, 0.5) is 0 Å². The molecule has 186 valence electrons. The molecule has 12 heteroatoms. The van der Waals surface area contributed by atoms with Gasteiger partial charge < -0.3 is 9.84 Å². The fraction of sp³-hybridized carbons (Fsp3) is 0.500. The largest absolute Gasteiger partial charge is 0.396 e. The van der Waals surface area contributed by atoms with Gasteiger partial charge in [-0.05, 0) is 49.6 Å². The van der Waals surface area contributed by atoms with Crippen molar-refractivity contribution in [3.05, 3.63) is 41.4 Å². The first-order valence-electron chi connectivity index (χ1n) is 10.9. The zero-order valence-corrected chi connectivity index (χ0v) is 22.5. The van der Waals surface area contributed by atoms with Crippen LogP contribution in [0.25, 0.3) is 10.2 Å². The average molecular weight is 543 g/mol. The maximum Gasteiger partial charge on any atom is 0.243 e. The summed E-state index contributed by atoms with van der Waals surface area (Å²) in [6.07, 6.45) is 8.72. The molecule has 1 aliphatic rings. The number of aliphatic hydroxyl groups is 1. The lowest BCUT2D eigenvalue weighted by Crippen LogP contribution is -2.40. The topological polar surface area (TPSA) is 106 Å². The zero-order valence-electron chi connectivity index (χ0n) is 19.0. The van der Waals surface area contributed by atoms with Crippen molar-refractivity contribution in [2.45, 2.75) is 35.5 Å². The minimum Gasteiger partial charge on any atom is -0.396 e. The normalized spacial score (nSPS) is 15.8. The Morgan fingerprint density at radius 1 is 1.18 bits per heavy atom. The van der Waals surface area contributed by atoms with Gasteiger partial charge in [-0.2, -0.15) is 17.8 Å². The van der Waals surface area contributed by atoms with Gasteiger partial charge in [-0.3, -0.25) is 0 Å². The molecule has 4 rings (SSSR count). The smallest absolute Gasteiger partial charge is 0.243 e. The molecule has 0 unspecified atom stereocenters. The van der Waals surface area contributed by atoms with E-state index in [1.165, 1.54) is 15.6 Å². The van der Waals surface area contributed by atoms with Crippen LogP contribution in [0.15, 0.2) is 40.4 Å². The molecule has 1 aromatic carbocycles. The van der Waals surface area contributed by atoms with Crippen LogP contribution < -0.4 is 0 Å². The Hall–Kier alpha value is -1.28. The van der Waals surface area contributed by atoms with Crippen molar-refractivity contribution in [1.82, 2.24) is 19.3 Å². The lowest BCUT2D eigenvalue weighted by Gasteiger charge is -2.25. The van der Waals surface area contributed by atoms with Crippen molar-refractivity contribution < 1.29 is 18.3 Å². The van der Waals surface area contributed by atoms with Crippen molar-refractivity contribution in [3.63, 3.8) is 0 Å². The number of rotatable bonds is 10. The number of aliphatic hydroxyl groups excluding tert-OH is 1. The third-order valence-electron chi connectivity index (χ3n) is 5.73. The Morgan fingerprint density at radius 3 is 2.56 bits per heavy atom. The highest BCUT2D eigenvalue weighted by Crippen LogP contribution is 2.28. The molecule has 0 radical (unpaired) electrons. The number of benzene rings is 1. The van der Waals surface area contributed by atoms with Gasteiger partial charge in [-0.15, -0.1) is 23.1 Å². The summed E-state index contributed by atoms with van der Waals surface area (Å²) in [5.41, 5.74) is 0.804. The molecule has 0 amide bonds. The molecule has 3 heterocycles. The first kappa shape index (κ1) is 27.3. The van der Waals surface area contributed by atoms with Crippen LogP contribution in [0, 0.1) is 5.92 Å². The average Bonchev–Trinajstić information content (AvgIpc) is 3.27. The minimum atomic E-state index is -3.53. The van der Waals surface area contributed by atoms with E-state index in [2.05, 4.69) is 15.0 Å². The van der Waals surface area contributed by atoms with E-state index in [9.17, 15) is 13.5 Å². The van der Waals surface area contributed by atoms with E-state index < -0.39 is 10.0 Å². The van der Waals surface area contributed by atoms with Crippen molar-refractivity contribution >= 4 is 56.8 Å². The Morgan fingerprint density at radius 2 is 1.88 bits per heavy atom. The number of ether oxygens (including phenoxy) is 1. The number of aryl methyl sites for hydroxylation is 2. The molecule has 0 spiro atoms. The van der Waals surface area contributed by atoms with Crippen LogP contribution >= 0.6 is 36.6 Å². The maximum atomic E-state index is 12.9. The van der Waals surface area contributed by atoms with Crippen molar-refractivity contribution in [3.8, 4) is 0 Å². The quantitative estimate of drug-likeness (QED) is 0.390. The lowest BCUT2D eigenvalue weighted by molar-refractivity contribution is 0.0730. The predicted octanol–water partition coefficient (Wildman–Crippen LogP) is 3.12. The number of hydrogen-bond acceptors (Lipinski definition) is 9. The van der Waals surface area contributed by atoms with E-state index in [4.69, 9.17) is 4.74 Å². The molecule has 34 heavy (non-hydrogen) atoms. The molecule has 0 bridgehead atoms. The molecule has 0 aliphatic carbocycles.